The van der Waals surface area contributed by atoms with Crippen LogP contribution in [-0.2, 0) is 4.74 Å². The van der Waals surface area contributed by atoms with Gasteiger partial charge in [0, 0.05) is 22.5 Å². The van der Waals surface area contributed by atoms with E-state index in [1.54, 1.807) is 6.07 Å². The Morgan fingerprint density at radius 2 is 2.24 bits per heavy atom. The van der Waals surface area contributed by atoms with E-state index in [1.165, 1.54) is 0 Å². The lowest BCUT2D eigenvalue weighted by Crippen LogP contribution is -2.27. The molecule has 0 aliphatic heterocycles. The van der Waals surface area contributed by atoms with Gasteiger partial charge >= 0.3 is 0 Å². The van der Waals surface area contributed by atoms with Crippen molar-refractivity contribution in [3.05, 3.63) is 33.8 Å². The fourth-order valence-corrected chi connectivity index (χ4v) is 1.64. The fourth-order valence-electron chi connectivity index (χ4n) is 1.28. The lowest BCUT2D eigenvalue weighted by atomic mass is 10.1. The zero-order chi connectivity index (χ0) is 12.7. The summed E-state index contributed by atoms with van der Waals surface area (Å²) >= 11 is 8.85. The first-order valence-corrected chi connectivity index (χ1v) is 6.66. The molecule has 1 N–H and O–H groups in total. The van der Waals surface area contributed by atoms with Crippen molar-refractivity contribution in [2.24, 2.45) is 0 Å². The zero-order valence-corrected chi connectivity index (χ0v) is 12.0. The number of alkyl halides is 1. The maximum absolute atomic E-state index is 11.7. The van der Waals surface area contributed by atoms with Gasteiger partial charge in [-0.15, -0.1) is 11.6 Å². The van der Waals surface area contributed by atoms with Crippen LogP contribution in [0.5, 0.6) is 0 Å². The van der Waals surface area contributed by atoms with Gasteiger partial charge in [0.15, 0.2) is 0 Å². The normalized spacial score (nSPS) is 10.3. The van der Waals surface area contributed by atoms with Crippen LogP contribution in [-0.4, -0.2) is 31.5 Å². The minimum Gasteiger partial charge on any atom is -0.378 e. The Hall–Kier alpha value is -0.580. The van der Waals surface area contributed by atoms with E-state index >= 15 is 0 Å². The van der Waals surface area contributed by atoms with Gasteiger partial charge in [0.1, 0.15) is 0 Å². The van der Waals surface area contributed by atoms with Crippen LogP contribution in [0, 0.1) is 6.92 Å². The second-order valence-electron chi connectivity index (χ2n) is 3.52. The van der Waals surface area contributed by atoms with Crippen LogP contribution in [0.15, 0.2) is 22.7 Å². The lowest BCUT2D eigenvalue weighted by molar-refractivity contribution is 0.0923. The van der Waals surface area contributed by atoms with E-state index in [4.69, 9.17) is 16.3 Å². The third kappa shape index (κ3) is 5.06. The van der Waals surface area contributed by atoms with Crippen LogP contribution < -0.4 is 5.32 Å². The molecule has 0 spiro atoms. The van der Waals surface area contributed by atoms with Gasteiger partial charge in [-0.3, -0.25) is 4.79 Å². The van der Waals surface area contributed by atoms with Crippen molar-refractivity contribution in [3.8, 4) is 0 Å². The van der Waals surface area contributed by atoms with Crippen molar-refractivity contribution < 1.29 is 9.53 Å². The number of hydrogen-bond acceptors (Lipinski definition) is 2. The molecule has 94 valence electrons. The van der Waals surface area contributed by atoms with Gasteiger partial charge < -0.3 is 10.1 Å². The number of benzene rings is 1. The molecule has 0 fully saturated rings. The number of carbonyl (C=O) groups excluding carboxylic acids is 1. The van der Waals surface area contributed by atoms with E-state index < -0.39 is 0 Å². The van der Waals surface area contributed by atoms with E-state index in [1.807, 2.05) is 19.1 Å². The van der Waals surface area contributed by atoms with Gasteiger partial charge in [-0.25, -0.2) is 0 Å². The third-order valence-corrected chi connectivity index (χ3v) is 3.22. The number of amides is 1. The molecule has 1 rings (SSSR count). The molecular weight excluding hydrogens is 305 g/mol. The van der Waals surface area contributed by atoms with Crippen LogP contribution in [0.2, 0.25) is 0 Å². The summed E-state index contributed by atoms with van der Waals surface area (Å²) in [6.07, 6.45) is 0. The number of nitrogens with one attached hydrogen (secondary N) is 1. The summed E-state index contributed by atoms with van der Waals surface area (Å²) in [6.45, 7) is 3.43. The van der Waals surface area contributed by atoms with Crippen LogP contribution in [0.4, 0.5) is 0 Å². The molecule has 0 aromatic heterocycles. The Balaban J connectivity index is 2.39. The quantitative estimate of drug-likeness (QED) is 0.646. The molecule has 0 radical (unpaired) electrons. The molecule has 0 aliphatic rings. The van der Waals surface area contributed by atoms with Gasteiger partial charge in [-0.05, 0) is 30.7 Å². The van der Waals surface area contributed by atoms with Crippen LogP contribution >= 0.6 is 27.5 Å². The monoisotopic (exact) mass is 319 g/mol. The maximum atomic E-state index is 11.7. The first kappa shape index (κ1) is 14.5. The van der Waals surface area contributed by atoms with Crippen molar-refractivity contribution in [2.45, 2.75) is 6.92 Å². The number of aryl methyl sites for hydroxylation is 1. The molecule has 0 atom stereocenters. The van der Waals surface area contributed by atoms with Crippen molar-refractivity contribution >= 4 is 33.4 Å². The Kier molecular flexibility index (Phi) is 6.55. The lowest BCUT2D eigenvalue weighted by Gasteiger charge is -2.07. The number of rotatable bonds is 6. The fraction of sp³-hybridized carbons (Fsp3) is 0.417. The van der Waals surface area contributed by atoms with E-state index in [0.29, 0.717) is 31.2 Å². The molecule has 1 aromatic carbocycles. The predicted molar refractivity (Wildman–Crippen MR) is 72.8 cm³/mol. The molecule has 17 heavy (non-hydrogen) atoms. The highest BCUT2D eigenvalue weighted by atomic mass is 79.9. The summed E-state index contributed by atoms with van der Waals surface area (Å²) in [7, 11) is 0. The second-order valence-corrected chi connectivity index (χ2v) is 4.75. The zero-order valence-electron chi connectivity index (χ0n) is 9.63. The summed E-state index contributed by atoms with van der Waals surface area (Å²) in [5, 5.41) is 2.78. The molecule has 0 aliphatic carbocycles. The van der Waals surface area contributed by atoms with Gasteiger partial charge in [-0.1, -0.05) is 15.9 Å². The van der Waals surface area contributed by atoms with Crippen molar-refractivity contribution in [3.63, 3.8) is 0 Å². The summed E-state index contributed by atoms with van der Waals surface area (Å²) in [5.74, 6) is 0.384. The number of carbonyl (C=O) groups is 1. The summed E-state index contributed by atoms with van der Waals surface area (Å²) < 4.78 is 6.16. The maximum Gasteiger partial charge on any atom is 0.251 e. The standard InChI is InChI=1S/C12H15BrClNO2/c1-9-8-10(2-3-11(9)13)12(16)15-5-7-17-6-4-14/h2-3,8H,4-7H2,1H3,(H,15,16). The first-order chi connectivity index (χ1) is 8.15. The summed E-state index contributed by atoms with van der Waals surface area (Å²) in [5.41, 5.74) is 1.69. The highest BCUT2D eigenvalue weighted by molar-refractivity contribution is 9.10. The minimum absolute atomic E-state index is 0.0879. The molecule has 3 nitrogen and oxygen atoms in total. The van der Waals surface area contributed by atoms with Crippen molar-refractivity contribution in [1.82, 2.24) is 5.32 Å². The van der Waals surface area contributed by atoms with Crippen LogP contribution in [0.3, 0.4) is 0 Å². The van der Waals surface area contributed by atoms with E-state index in [0.717, 1.165) is 10.0 Å². The van der Waals surface area contributed by atoms with E-state index in [9.17, 15) is 4.79 Å². The van der Waals surface area contributed by atoms with Crippen LogP contribution in [0.25, 0.3) is 0 Å². The molecular formula is C12H15BrClNO2. The molecule has 0 unspecified atom stereocenters. The number of hydrogen-bond donors (Lipinski definition) is 1. The molecule has 1 aromatic rings. The highest BCUT2D eigenvalue weighted by Gasteiger charge is 2.05. The van der Waals surface area contributed by atoms with Crippen LogP contribution in [0.1, 0.15) is 15.9 Å². The SMILES string of the molecule is Cc1cc(C(=O)NCCOCCCl)ccc1Br. The van der Waals surface area contributed by atoms with Crippen molar-refractivity contribution in [1.29, 1.82) is 0 Å². The molecule has 0 bridgehead atoms. The average Bonchev–Trinajstić information content (AvgIpc) is 2.32. The van der Waals surface area contributed by atoms with Gasteiger partial charge in [0.2, 0.25) is 0 Å². The van der Waals surface area contributed by atoms with Crippen molar-refractivity contribution in [2.75, 3.05) is 25.6 Å². The average molecular weight is 321 g/mol. The summed E-state index contributed by atoms with van der Waals surface area (Å²) in [4.78, 5) is 11.7. The van der Waals surface area contributed by atoms with E-state index in [-0.39, 0.29) is 5.91 Å². The molecule has 0 heterocycles. The number of halogens is 2. The largest absolute Gasteiger partial charge is 0.378 e. The number of ether oxygens (including phenoxy) is 1. The van der Waals surface area contributed by atoms with E-state index in [2.05, 4.69) is 21.2 Å². The Morgan fingerprint density at radius 3 is 2.88 bits per heavy atom. The highest BCUT2D eigenvalue weighted by Crippen LogP contribution is 2.16. The third-order valence-electron chi connectivity index (χ3n) is 2.17. The first-order valence-electron chi connectivity index (χ1n) is 5.33. The topological polar surface area (TPSA) is 38.3 Å². The van der Waals surface area contributed by atoms with Gasteiger partial charge in [0.05, 0.1) is 13.2 Å². The predicted octanol–water partition coefficient (Wildman–Crippen LogP) is 2.74. The van der Waals surface area contributed by atoms with Gasteiger partial charge in [0.25, 0.3) is 5.91 Å². The Bertz CT molecular complexity index is 385. The minimum atomic E-state index is -0.0879. The molecule has 0 saturated heterocycles. The molecule has 0 saturated carbocycles. The smallest absolute Gasteiger partial charge is 0.251 e. The Morgan fingerprint density at radius 1 is 1.47 bits per heavy atom. The second kappa shape index (κ2) is 7.69. The molecule has 5 heteroatoms. The van der Waals surface area contributed by atoms with Gasteiger partial charge in [-0.2, -0.15) is 0 Å². The Labute approximate surface area is 115 Å². The molecule has 1 amide bonds. The summed E-state index contributed by atoms with van der Waals surface area (Å²) in [6, 6.07) is 5.50.